The Bertz CT molecular complexity index is 1150. The SMILES string of the molecule is Clc1ccc(SC(=C(c2ccc(Cl)cc2)c2ccc(Cl)cc2)c2ccc(Cl)cc2)cc1. The van der Waals surface area contributed by atoms with Gasteiger partial charge in [-0.1, -0.05) is 94.6 Å². The lowest BCUT2D eigenvalue weighted by molar-refractivity contribution is 1.47. The summed E-state index contributed by atoms with van der Waals surface area (Å²) in [5.74, 6) is 0. The van der Waals surface area contributed by atoms with Gasteiger partial charge in [-0.3, -0.25) is 0 Å². The summed E-state index contributed by atoms with van der Waals surface area (Å²) in [5.41, 5.74) is 4.25. The van der Waals surface area contributed by atoms with Crippen LogP contribution in [-0.2, 0) is 0 Å². The number of hydrogen-bond acceptors (Lipinski definition) is 1. The smallest absolute Gasteiger partial charge is 0.0406 e. The van der Waals surface area contributed by atoms with Crippen molar-refractivity contribution in [3.05, 3.63) is 134 Å². The van der Waals surface area contributed by atoms with Gasteiger partial charge in [0.1, 0.15) is 0 Å². The zero-order chi connectivity index (χ0) is 21.8. The van der Waals surface area contributed by atoms with Crippen molar-refractivity contribution in [2.75, 3.05) is 0 Å². The Kier molecular flexibility index (Phi) is 7.32. The van der Waals surface area contributed by atoms with Gasteiger partial charge in [0.25, 0.3) is 0 Å². The summed E-state index contributed by atoms with van der Waals surface area (Å²) in [6, 6.07) is 31.4. The van der Waals surface area contributed by atoms with Crippen LogP contribution in [0.25, 0.3) is 10.5 Å². The molecular formula is C26H16Cl4S. The van der Waals surface area contributed by atoms with Crippen LogP contribution in [0.5, 0.6) is 0 Å². The van der Waals surface area contributed by atoms with E-state index in [4.69, 9.17) is 46.4 Å². The van der Waals surface area contributed by atoms with Crippen molar-refractivity contribution < 1.29 is 0 Å². The number of halogens is 4. The van der Waals surface area contributed by atoms with Crippen molar-refractivity contribution in [2.24, 2.45) is 0 Å². The molecule has 0 atom stereocenters. The van der Waals surface area contributed by atoms with E-state index in [9.17, 15) is 0 Å². The van der Waals surface area contributed by atoms with Gasteiger partial charge in [0.05, 0.1) is 0 Å². The number of benzene rings is 4. The number of hydrogen-bond donors (Lipinski definition) is 0. The molecule has 5 heteroatoms. The molecule has 0 nitrogen and oxygen atoms in total. The number of rotatable bonds is 5. The van der Waals surface area contributed by atoms with Crippen LogP contribution >= 0.6 is 58.2 Å². The molecule has 0 spiro atoms. The van der Waals surface area contributed by atoms with E-state index in [-0.39, 0.29) is 0 Å². The molecule has 0 radical (unpaired) electrons. The fourth-order valence-corrected chi connectivity index (χ4v) is 4.74. The summed E-state index contributed by atoms with van der Waals surface area (Å²) in [6.07, 6.45) is 0. The lowest BCUT2D eigenvalue weighted by Gasteiger charge is -2.17. The van der Waals surface area contributed by atoms with Crippen molar-refractivity contribution in [1.29, 1.82) is 0 Å². The van der Waals surface area contributed by atoms with E-state index < -0.39 is 0 Å². The lowest BCUT2D eigenvalue weighted by Crippen LogP contribution is -1.94. The second-order valence-corrected chi connectivity index (χ2v) is 9.61. The van der Waals surface area contributed by atoms with Gasteiger partial charge >= 0.3 is 0 Å². The highest BCUT2D eigenvalue weighted by atomic mass is 35.5. The fraction of sp³-hybridized carbons (Fsp3) is 0. The molecule has 154 valence electrons. The Labute approximate surface area is 206 Å². The Morgan fingerprint density at radius 1 is 0.419 bits per heavy atom. The monoisotopic (exact) mass is 500 g/mol. The van der Waals surface area contributed by atoms with E-state index in [2.05, 4.69) is 0 Å². The first-order chi connectivity index (χ1) is 15.0. The highest BCUT2D eigenvalue weighted by Crippen LogP contribution is 2.43. The topological polar surface area (TPSA) is 0 Å². The molecule has 0 N–H and O–H groups in total. The predicted molar refractivity (Wildman–Crippen MR) is 138 cm³/mol. The minimum Gasteiger partial charge on any atom is -0.0888 e. The average Bonchev–Trinajstić information content (AvgIpc) is 2.78. The van der Waals surface area contributed by atoms with Gasteiger partial charge in [-0.2, -0.15) is 0 Å². The summed E-state index contributed by atoms with van der Waals surface area (Å²) < 4.78 is 0. The van der Waals surface area contributed by atoms with Crippen molar-refractivity contribution in [3.63, 3.8) is 0 Å². The molecule has 0 saturated heterocycles. The van der Waals surface area contributed by atoms with Crippen LogP contribution in [0.4, 0.5) is 0 Å². The molecule has 31 heavy (non-hydrogen) atoms. The minimum atomic E-state index is 0.692. The van der Waals surface area contributed by atoms with Crippen LogP contribution in [0.15, 0.2) is 102 Å². The van der Waals surface area contributed by atoms with Gasteiger partial charge < -0.3 is 0 Å². The molecule has 0 saturated carbocycles. The Morgan fingerprint density at radius 3 is 1.13 bits per heavy atom. The zero-order valence-electron chi connectivity index (χ0n) is 16.2. The predicted octanol–water partition coefficient (Wildman–Crippen LogP) is 10.0. The Balaban J connectivity index is 1.97. The molecule has 4 aromatic carbocycles. The highest BCUT2D eigenvalue weighted by molar-refractivity contribution is 8.08. The quantitative estimate of drug-likeness (QED) is 0.193. The first-order valence-corrected chi connectivity index (χ1v) is 11.8. The van der Waals surface area contributed by atoms with Crippen molar-refractivity contribution in [2.45, 2.75) is 4.90 Å². The van der Waals surface area contributed by atoms with Crippen LogP contribution in [0, 0.1) is 0 Å². The summed E-state index contributed by atoms with van der Waals surface area (Å²) in [7, 11) is 0. The fourth-order valence-electron chi connectivity index (χ4n) is 3.14. The van der Waals surface area contributed by atoms with Crippen LogP contribution in [-0.4, -0.2) is 0 Å². The van der Waals surface area contributed by atoms with Crippen molar-refractivity contribution in [3.8, 4) is 0 Å². The third-order valence-electron chi connectivity index (χ3n) is 4.63. The maximum Gasteiger partial charge on any atom is 0.0406 e. The molecule has 0 aromatic heterocycles. The normalized spacial score (nSPS) is 10.7. The maximum absolute atomic E-state index is 6.18. The van der Waals surface area contributed by atoms with Crippen molar-refractivity contribution >= 4 is 68.6 Å². The Hall–Kier alpha value is -1.87. The molecule has 0 fully saturated rings. The summed E-state index contributed by atoms with van der Waals surface area (Å²) in [5, 5.41) is 2.78. The van der Waals surface area contributed by atoms with Gasteiger partial charge in [-0.25, -0.2) is 0 Å². The molecule has 0 bridgehead atoms. The third-order valence-corrected chi connectivity index (χ3v) is 6.79. The van der Waals surface area contributed by atoms with E-state index in [1.807, 2.05) is 97.1 Å². The average molecular weight is 502 g/mol. The van der Waals surface area contributed by atoms with E-state index in [1.54, 1.807) is 11.8 Å². The summed E-state index contributed by atoms with van der Waals surface area (Å²) >= 11 is 26.3. The van der Waals surface area contributed by atoms with Gasteiger partial charge in [0.15, 0.2) is 0 Å². The van der Waals surface area contributed by atoms with Gasteiger partial charge in [-0.15, -0.1) is 0 Å². The van der Waals surface area contributed by atoms with Gasteiger partial charge in [0.2, 0.25) is 0 Å². The van der Waals surface area contributed by atoms with Gasteiger partial charge in [-0.05, 0) is 77.4 Å². The molecule has 0 amide bonds. The maximum atomic E-state index is 6.18. The van der Waals surface area contributed by atoms with E-state index in [0.29, 0.717) is 20.1 Å². The molecule has 0 aliphatic rings. The molecule has 4 rings (SSSR count). The summed E-state index contributed by atoms with van der Waals surface area (Å²) in [6.45, 7) is 0. The van der Waals surface area contributed by atoms with E-state index >= 15 is 0 Å². The van der Waals surface area contributed by atoms with Crippen LogP contribution in [0.2, 0.25) is 20.1 Å². The molecular weight excluding hydrogens is 486 g/mol. The molecule has 0 aliphatic heterocycles. The van der Waals surface area contributed by atoms with Crippen LogP contribution in [0.3, 0.4) is 0 Å². The van der Waals surface area contributed by atoms with Crippen LogP contribution < -0.4 is 0 Å². The zero-order valence-corrected chi connectivity index (χ0v) is 20.0. The minimum absolute atomic E-state index is 0.692. The third kappa shape index (κ3) is 5.68. The lowest BCUT2D eigenvalue weighted by atomic mass is 9.95. The van der Waals surface area contributed by atoms with E-state index in [1.165, 1.54) is 0 Å². The van der Waals surface area contributed by atoms with Gasteiger partial charge in [0, 0.05) is 35.5 Å². The van der Waals surface area contributed by atoms with E-state index in [0.717, 1.165) is 32.1 Å². The first kappa shape index (κ1) is 22.3. The second-order valence-electron chi connectivity index (χ2n) is 6.78. The second kappa shape index (κ2) is 10.2. The number of thioether (sulfide) groups is 1. The first-order valence-electron chi connectivity index (χ1n) is 9.45. The molecule has 0 aliphatic carbocycles. The largest absolute Gasteiger partial charge is 0.0888 e. The Morgan fingerprint density at radius 2 is 0.742 bits per heavy atom. The summed E-state index contributed by atoms with van der Waals surface area (Å²) in [4.78, 5) is 2.17. The molecule has 0 heterocycles. The van der Waals surface area contributed by atoms with Crippen LogP contribution in [0.1, 0.15) is 16.7 Å². The standard InChI is InChI=1S/C26H16Cl4S/c27-20-7-1-17(2-8-20)25(18-3-9-21(28)10-4-18)26(19-5-11-22(29)12-6-19)31-24-15-13-23(30)14-16-24/h1-16H. The molecule has 0 unspecified atom stereocenters. The molecule has 4 aromatic rings. The highest BCUT2D eigenvalue weighted by Gasteiger charge is 2.16. The van der Waals surface area contributed by atoms with Crippen molar-refractivity contribution in [1.82, 2.24) is 0 Å².